The molecular formula is C22H30FN3O2S2. The number of thiocarbonyl (C=S) groups is 1. The summed E-state index contributed by atoms with van der Waals surface area (Å²) in [5.74, 6) is -0.629. The lowest BCUT2D eigenvalue weighted by atomic mass is 9.87. The molecule has 0 amide bonds. The normalized spacial score (nSPS) is 12.9. The largest absolute Gasteiger partial charge is 0.359 e. The van der Waals surface area contributed by atoms with Crippen LogP contribution in [0.4, 0.5) is 10.1 Å². The Hall–Kier alpha value is -2.19. The predicted molar refractivity (Wildman–Crippen MR) is 126 cm³/mol. The van der Waals surface area contributed by atoms with Crippen LogP contribution in [-0.4, -0.2) is 19.8 Å². The Morgan fingerprint density at radius 1 is 1.13 bits per heavy atom. The van der Waals surface area contributed by atoms with E-state index in [2.05, 4.69) is 60.4 Å². The van der Waals surface area contributed by atoms with Crippen LogP contribution in [-0.2, 0) is 22.0 Å². The quantitative estimate of drug-likeness (QED) is 0.536. The third kappa shape index (κ3) is 7.25. The summed E-state index contributed by atoms with van der Waals surface area (Å²) in [7, 11) is -3.54. The number of rotatable bonds is 7. The predicted octanol–water partition coefficient (Wildman–Crippen LogP) is 4.61. The maximum absolute atomic E-state index is 14.3. The van der Waals surface area contributed by atoms with E-state index in [0.717, 1.165) is 11.8 Å². The Morgan fingerprint density at radius 2 is 1.77 bits per heavy atom. The fraction of sp³-hybridized carbons (Fsp3) is 0.409. The average molecular weight is 452 g/mol. The fourth-order valence-corrected chi connectivity index (χ4v) is 3.75. The highest BCUT2D eigenvalue weighted by Crippen LogP contribution is 2.24. The van der Waals surface area contributed by atoms with Gasteiger partial charge >= 0.3 is 0 Å². The average Bonchev–Trinajstić information content (AvgIpc) is 2.65. The summed E-state index contributed by atoms with van der Waals surface area (Å²) in [5.41, 5.74) is 3.11. The minimum absolute atomic E-state index is 0.0736. The maximum Gasteiger partial charge on any atom is 0.229 e. The second-order valence-electron chi connectivity index (χ2n) is 8.35. The first-order valence-electron chi connectivity index (χ1n) is 9.80. The van der Waals surface area contributed by atoms with Gasteiger partial charge in [-0.05, 0) is 52.9 Å². The first-order valence-corrected chi connectivity index (χ1v) is 12.1. The molecule has 1 unspecified atom stereocenters. The summed E-state index contributed by atoms with van der Waals surface area (Å²) in [4.78, 5) is 0. The number of hydrogen-bond acceptors (Lipinski definition) is 3. The molecule has 0 saturated heterocycles. The molecule has 2 aromatic rings. The van der Waals surface area contributed by atoms with Gasteiger partial charge in [-0.2, -0.15) is 0 Å². The number of benzene rings is 2. The van der Waals surface area contributed by atoms with Gasteiger partial charge in [0.05, 0.1) is 18.0 Å². The van der Waals surface area contributed by atoms with Gasteiger partial charge in [-0.25, -0.2) is 12.8 Å². The van der Waals surface area contributed by atoms with Gasteiger partial charge in [0.25, 0.3) is 0 Å². The van der Waals surface area contributed by atoms with Gasteiger partial charge in [0.2, 0.25) is 10.0 Å². The topological polar surface area (TPSA) is 70.2 Å². The zero-order chi connectivity index (χ0) is 22.5. The lowest BCUT2D eigenvalue weighted by Crippen LogP contribution is -2.37. The second kappa shape index (κ2) is 9.75. The molecule has 0 spiro atoms. The van der Waals surface area contributed by atoms with Crippen LogP contribution >= 0.6 is 12.2 Å². The second-order valence-corrected chi connectivity index (χ2v) is 10.5. The molecule has 8 heteroatoms. The molecule has 0 fully saturated rings. The van der Waals surface area contributed by atoms with Crippen molar-refractivity contribution < 1.29 is 12.8 Å². The van der Waals surface area contributed by atoms with Crippen LogP contribution in [0.3, 0.4) is 0 Å². The van der Waals surface area contributed by atoms with Crippen LogP contribution in [0.25, 0.3) is 0 Å². The Bertz CT molecular complexity index is 984. The van der Waals surface area contributed by atoms with Crippen molar-refractivity contribution in [2.45, 2.75) is 52.1 Å². The van der Waals surface area contributed by atoms with Crippen molar-refractivity contribution in [2.75, 3.05) is 11.0 Å². The number of sulfonamides is 1. The van der Waals surface area contributed by atoms with E-state index in [1.807, 2.05) is 6.92 Å². The maximum atomic E-state index is 14.3. The van der Waals surface area contributed by atoms with Crippen LogP contribution in [0.5, 0.6) is 0 Å². The van der Waals surface area contributed by atoms with E-state index in [1.165, 1.54) is 17.7 Å². The molecule has 0 radical (unpaired) electrons. The molecule has 3 N–H and O–H groups in total. The molecule has 0 saturated carbocycles. The van der Waals surface area contributed by atoms with E-state index in [0.29, 0.717) is 23.6 Å². The van der Waals surface area contributed by atoms with Gasteiger partial charge in [0.15, 0.2) is 5.11 Å². The number of anilines is 1. The molecule has 30 heavy (non-hydrogen) atoms. The molecule has 0 aliphatic heterocycles. The molecular weight excluding hydrogens is 421 g/mol. The minimum Gasteiger partial charge on any atom is -0.359 e. The van der Waals surface area contributed by atoms with Crippen molar-refractivity contribution in [2.24, 2.45) is 0 Å². The smallest absolute Gasteiger partial charge is 0.229 e. The highest BCUT2D eigenvalue weighted by Gasteiger charge is 2.15. The van der Waals surface area contributed by atoms with Gasteiger partial charge in [-0.1, -0.05) is 58.0 Å². The number of halogens is 1. The van der Waals surface area contributed by atoms with Gasteiger partial charge in [-0.3, -0.25) is 4.72 Å². The highest BCUT2D eigenvalue weighted by atomic mass is 32.2. The van der Waals surface area contributed by atoms with Crippen molar-refractivity contribution in [1.82, 2.24) is 10.6 Å². The Morgan fingerprint density at radius 3 is 2.27 bits per heavy atom. The summed E-state index contributed by atoms with van der Waals surface area (Å²) >= 11 is 5.40. The Labute approximate surface area is 184 Å². The summed E-state index contributed by atoms with van der Waals surface area (Å²) in [5, 5.41) is 6.86. The summed E-state index contributed by atoms with van der Waals surface area (Å²) in [6, 6.07) is 12.6. The van der Waals surface area contributed by atoms with Crippen molar-refractivity contribution in [3.05, 3.63) is 65.0 Å². The summed E-state index contributed by atoms with van der Waals surface area (Å²) in [6.45, 7) is 9.08. The first-order chi connectivity index (χ1) is 13.9. The highest BCUT2D eigenvalue weighted by molar-refractivity contribution is 7.92. The molecule has 0 heterocycles. The van der Waals surface area contributed by atoms with Crippen molar-refractivity contribution >= 4 is 33.0 Å². The first kappa shape index (κ1) is 24.1. The van der Waals surface area contributed by atoms with Crippen LogP contribution in [0.1, 0.15) is 56.8 Å². The van der Waals surface area contributed by atoms with Crippen LogP contribution in [0, 0.1) is 5.82 Å². The molecule has 1 atom stereocenters. The molecule has 0 bridgehead atoms. The van der Waals surface area contributed by atoms with Crippen LogP contribution < -0.4 is 15.4 Å². The third-order valence-corrected chi connectivity index (χ3v) is 5.53. The SMILES string of the molecule is CCC(NC(=S)NCc1ccc(C(C)(C)C)cc1)c1ccc(NS(C)(=O)=O)c(F)c1. The van der Waals surface area contributed by atoms with Crippen LogP contribution in [0.15, 0.2) is 42.5 Å². The van der Waals surface area contributed by atoms with E-state index in [9.17, 15) is 12.8 Å². The van der Waals surface area contributed by atoms with Crippen molar-refractivity contribution in [1.29, 1.82) is 0 Å². The monoisotopic (exact) mass is 451 g/mol. The summed E-state index contributed by atoms with van der Waals surface area (Å²) < 4.78 is 39.1. The van der Waals surface area contributed by atoms with E-state index < -0.39 is 15.8 Å². The molecule has 2 aromatic carbocycles. The van der Waals surface area contributed by atoms with E-state index in [4.69, 9.17) is 12.2 Å². The molecule has 164 valence electrons. The van der Waals surface area contributed by atoms with Crippen LogP contribution in [0.2, 0.25) is 0 Å². The number of hydrogen-bond donors (Lipinski definition) is 3. The van der Waals surface area contributed by atoms with Gasteiger partial charge < -0.3 is 10.6 Å². The van der Waals surface area contributed by atoms with Gasteiger partial charge in [0.1, 0.15) is 5.82 Å². The lowest BCUT2D eigenvalue weighted by Gasteiger charge is -2.21. The molecule has 0 aliphatic rings. The Kier molecular flexibility index (Phi) is 7.82. The van der Waals surface area contributed by atoms with Gasteiger partial charge in [0, 0.05) is 6.54 Å². The zero-order valence-corrected chi connectivity index (χ0v) is 19.7. The van der Waals surface area contributed by atoms with Crippen molar-refractivity contribution in [3.8, 4) is 0 Å². The third-order valence-electron chi connectivity index (χ3n) is 4.68. The summed E-state index contributed by atoms with van der Waals surface area (Å²) in [6.07, 6.45) is 1.66. The zero-order valence-electron chi connectivity index (χ0n) is 18.0. The van der Waals surface area contributed by atoms with Gasteiger partial charge in [-0.15, -0.1) is 0 Å². The molecule has 0 aromatic heterocycles. The standard InChI is InChI=1S/C22H30FN3O2S2/c1-6-19(16-9-12-20(18(23)13-16)26-30(5,27)28)25-21(29)24-14-15-7-10-17(11-8-15)22(2,3)4/h7-13,19,26H,6,14H2,1-5H3,(H2,24,25,29). The van der Waals surface area contributed by atoms with E-state index in [-0.39, 0.29) is 17.1 Å². The Balaban J connectivity index is 1.98. The number of nitrogens with one attached hydrogen (secondary N) is 3. The van der Waals surface area contributed by atoms with E-state index in [1.54, 1.807) is 6.07 Å². The minimum atomic E-state index is -3.54. The van der Waals surface area contributed by atoms with Crippen molar-refractivity contribution in [3.63, 3.8) is 0 Å². The fourth-order valence-electron chi connectivity index (χ4n) is 2.97. The molecule has 2 rings (SSSR count). The van der Waals surface area contributed by atoms with E-state index >= 15 is 0 Å². The molecule has 0 aliphatic carbocycles. The molecule has 5 nitrogen and oxygen atoms in total. The lowest BCUT2D eigenvalue weighted by molar-refractivity contribution is 0.589.